The van der Waals surface area contributed by atoms with Gasteiger partial charge >= 0.3 is 0 Å². The first-order valence-corrected chi connectivity index (χ1v) is 5.95. The number of hydrogen-bond donors (Lipinski definition) is 2. The second kappa shape index (κ2) is 5.33. The molecule has 0 saturated heterocycles. The Kier molecular flexibility index (Phi) is 3.79. The number of aryl methyl sites for hydroxylation is 2. The van der Waals surface area contributed by atoms with Gasteiger partial charge in [0.15, 0.2) is 0 Å². The molecule has 2 rings (SSSR count). The highest BCUT2D eigenvalue weighted by molar-refractivity contribution is 5.35. The smallest absolute Gasteiger partial charge is 0.126 e. The lowest BCUT2D eigenvalue weighted by atomic mass is 9.97. The summed E-state index contributed by atoms with van der Waals surface area (Å²) in [6, 6.07) is 6.70. The normalized spacial score (nSPS) is 12.7. The van der Waals surface area contributed by atoms with Crippen LogP contribution in [0.25, 0.3) is 0 Å². The molecular formula is C14H17FN2O. The zero-order valence-electron chi connectivity index (χ0n) is 10.5. The molecule has 0 fully saturated rings. The lowest BCUT2D eigenvalue weighted by Crippen LogP contribution is -2.29. The molecular weight excluding hydrogens is 231 g/mol. The lowest BCUT2D eigenvalue weighted by Gasteiger charge is -2.17. The Hall–Kier alpha value is -1.65. The van der Waals surface area contributed by atoms with Crippen LogP contribution in [0.5, 0.6) is 0 Å². The summed E-state index contributed by atoms with van der Waals surface area (Å²) < 4.78 is 18.7. The number of nitrogens with two attached hydrogens (primary N) is 1. The molecule has 0 aliphatic rings. The molecule has 0 bridgehead atoms. The van der Waals surface area contributed by atoms with E-state index in [1.54, 1.807) is 25.3 Å². The van der Waals surface area contributed by atoms with Crippen molar-refractivity contribution in [2.75, 3.05) is 0 Å². The van der Waals surface area contributed by atoms with Crippen LogP contribution >= 0.6 is 0 Å². The van der Waals surface area contributed by atoms with Crippen molar-refractivity contribution < 1.29 is 8.81 Å². The zero-order valence-corrected chi connectivity index (χ0v) is 10.5. The van der Waals surface area contributed by atoms with E-state index in [4.69, 9.17) is 10.3 Å². The van der Waals surface area contributed by atoms with E-state index in [1.165, 1.54) is 6.07 Å². The number of halogens is 1. The van der Waals surface area contributed by atoms with Crippen LogP contribution in [0.4, 0.5) is 4.39 Å². The van der Waals surface area contributed by atoms with Crippen LogP contribution in [0.15, 0.2) is 34.9 Å². The van der Waals surface area contributed by atoms with E-state index in [0.29, 0.717) is 5.56 Å². The van der Waals surface area contributed by atoms with Gasteiger partial charge in [0, 0.05) is 12.0 Å². The minimum Gasteiger partial charge on any atom is -0.469 e. The van der Waals surface area contributed by atoms with Crippen LogP contribution in [-0.2, 0) is 6.42 Å². The Morgan fingerprint density at radius 3 is 2.78 bits per heavy atom. The van der Waals surface area contributed by atoms with Gasteiger partial charge in [0.05, 0.1) is 12.3 Å². The molecule has 1 aromatic carbocycles. The molecule has 0 spiro atoms. The second-order valence-electron chi connectivity index (χ2n) is 4.26. The Bertz CT molecular complexity index is 536. The minimum atomic E-state index is -0.211. The van der Waals surface area contributed by atoms with Gasteiger partial charge in [-0.2, -0.15) is 0 Å². The zero-order chi connectivity index (χ0) is 13.1. The van der Waals surface area contributed by atoms with Crippen molar-refractivity contribution in [2.24, 2.45) is 5.84 Å². The van der Waals surface area contributed by atoms with Gasteiger partial charge < -0.3 is 4.42 Å². The average Bonchev–Trinajstić information content (AvgIpc) is 2.83. The summed E-state index contributed by atoms with van der Waals surface area (Å²) in [6.07, 6.45) is 2.44. The van der Waals surface area contributed by atoms with Crippen LogP contribution in [0.1, 0.15) is 35.4 Å². The molecule has 1 atom stereocenters. The Morgan fingerprint density at radius 2 is 2.17 bits per heavy atom. The number of hydrazine groups is 1. The van der Waals surface area contributed by atoms with E-state index in [0.717, 1.165) is 23.3 Å². The lowest BCUT2D eigenvalue weighted by molar-refractivity contribution is 0.502. The van der Waals surface area contributed by atoms with Gasteiger partial charge in [-0.1, -0.05) is 19.1 Å². The Balaban J connectivity index is 2.42. The second-order valence-corrected chi connectivity index (χ2v) is 4.26. The Morgan fingerprint density at radius 1 is 1.39 bits per heavy atom. The number of rotatable bonds is 4. The molecule has 4 heteroatoms. The van der Waals surface area contributed by atoms with Gasteiger partial charge in [0.2, 0.25) is 0 Å². The summed E-state index contributed by atoms with van der Waals surface area (Å²) in [5.74, 6) is 6.30. The predicted molar refractivity (Wildman–Crippen MR) is 68.4 cm³/mol. The molecule has 3 N–H and O–H groups in total. The molecule has 2 aromatic rings. The van der Waals surface area contributed by atoms with Crippen LogP contribution in [0.3, 0.4) is 0 Å². The average molecular weight is 248 g/mol. The third-order valence-corrected chi connectivity index (χ3v) is 3.09. The van der Waals surface area contributed by atoms with E-state index in [-0.39, 0.29) is 11.9 Å². The number of furan rings is 1. The molecule has 0 aliphatic heterocycles. The third kappa shape index (κ3) is 2.30. The van der Waals surface area contributed by atoms with Crippen LogP contribution in [-0.4, -0.2) is 0 Å². The fraction of sp³-hybridized carbons (Fsp3) is 0.286. The van der Waals surface area contributed by atoms with Crippen molar-refractivity contribution in [3.05, 3.63) is 58.8 Å². The van der Waals surface area contributed by atoms with Crippen molar-refractivity contribution in [2.45, 2.75) is 26.3 Å². The van der Waals surface area contributed by atoms with Crippen LogP contribution < -0.4 is 11.3 Å². The van der Waals surface area contributed by atoms with Crippen molar-refractivity contribution >= 4 is 0 Å². The highest BCUT2D eigenvalue weighted by atomic mass is 19.1. The van der Waals surface area contributed by atoms with E-state index in [9.17, 15) is 4.39 Å². The standard InChI is InChI=1S/C14H17FN2O/c1-3-13-11(6-7-18-13)14(17-16)10-4-5-12(15)9(2)8-10/h4-8,14,17H,3,16H2,1-2H3. The maximum absolute atomic E-state index is 13.3. The van der Waals surface area contributed by atoms with E-state index in [1.807, 2.05) is 13.0 Å². The summed E-state index contributed by atoms with van der Waals surface area (Å²) in [6.45, 7) is 3.76. The molecule has 96 valence electrons. The summed E-state index contributed by atoms with van der Waals surface area (Å²) >= 11 is 0. The number of benzene rings is 1. The summed E-state index contributed by atoms with van der Waals surface area (Å²) in [7, 11) is 0. The largest absolute Gasteiger partial charge is 0.469 e. The highest BCUT2D eigenvalue weighted by Crippen LogP contribution is 2.27. The summed E-state index contributed by atoms with van der Waals surface area (Å²) in [5, 5.41) is 0. The molecule has 0 radical (unpaired) electrons. The van der Waals surface area contributed by atoms with Gasteiger partial charge in [-0.3, -0.25) is 5.84 Å². The number of hydrogen-bond acceptors (Lipinski definition) is 3. The minimum absolute atomic E-state index is 0.182. The van der Waals surface area contributed by atoms with E-state index in [2.05, 4.69) is 5.43 Å². The quantitative estimate of drug-likeness (QED) is 0.646. The van der Waals surface area contributed by atoms with Crippen LogP contribution in [0.2, 0.25) is 0 Å². The molecule has 1 aromatic heterocycles. The SMILES string of the molecule is CCc1occc1C(NN)c1ccc(F)c(C)c1. The molecule has 0 saturated carbocycles. The monoisotopic (exact) mass is 248 g/mol. The predicted octanol–water partition coefficient (Wildman–Crippen LogP) is 2.84. The molecule has 0 aliphatic carbocycles. The highest BCUT2D eigenvalue weighted by Gasteiger charge is 2.18. The maximum Gasteiger partial charge on any atom is 0.126 e. The fourth-order valence-electron chi connectivity index (χ4n) is 2.11. The van der Waals surface area contributed by atoms with Crippen molar-refractivity contribution in [3.63, 3.8) is 0 Å². The van der Waals surface area contributed by atoms with Crippen molar-refractivity contribution in [3.8, 4) is 0 Å². The van der Waals surface area contributed by atoms with Crippen LogP contribution in [0, 0.1) is 12.7 Å². The van der Waals surface area contributed by atoms with Crippen molar-refractivity contribution in [1.29, 1.82) is 0 Å². The van der Waals surface area contributed by atoms with Gasteiger partial charge in [-0.25, -0.2) is 9.82 Å². The topological polar surface area (TPSA) is 51.2 Å². The van der Waals surface area contributed by atoms with E-state index < -0.39 is 0 Å². The first-order valence-electron chi connectivity index (χ1n) is 5.95. The molecule has 18 heavy (non-hydrogen) atoms. The van der Waals surface area contributed by atoms with Gasteiger partial charge in [0.1, 0.15) is 11.6 Å². The summed E-state index contributed by atoms with van der Waals surface area (Å²) in [5.41, 5.74) is 5.28. The van der Waals surface area contributed by atoms with E-state index >= 15 is 0 Å². The first kappa shape index (κ1) is 12.8. The van der Waals surface area contributed by atoms with Gasteiger partial charge in [-0.05, 0) is 30.2 Å². The molecule has 0 amide bonds. The third-order valence-electron chi connectivity index (χ3n) is 3.09. The fourth-order valence-corrected chi connectivity index (χ4v) is 2.11. The molecule has 1 heterocycles. The maximum atomic E-state index is 13.3. The number of nitrogens with one attached hydrogen (secondary N) is 1. The summed E-state index contributed by atoms with van der Waals surface area (Å²) in [4.78, 5) is 0. The molecule has 3 nitrogen and oxygen atoms in total. The first-order chi connectivity index (χ1) is 8.67. The van der Waals surface area contributed by atoms with Crippen molar-refractivity contribution in [1.82, 2.24) is 5.43 Å². The Labute approximate surface area is 106 Å². The van der Waals surface area contributed by atoms with Gasteiger partial charge in [-0.15, -0.1) is 0 Å². The molecule has 1 unspecified atom stereocenters. The van der Waals surface area contributed by atoms with Gasteiger partial charge in [0.25, 0.3) is 0 Å².